The van der Waals surface area contributed by atoms with Gasteiger partial charge in [0.05, 0.1) is 19.2 Å². The zero-order chi connectivity index (χ0) is 12.1. The van der Waals surface area contributed by atoms with Crippen molar-refractivity contribution in [1.29, 1.82) is 0 Å². The number of halogens is 1. The Morgan fingerprint density at radius 3 is 2.56 bits per heavy atom. The van der Waals surface area contributed by atoms with E-state index in [2.05, 4.69) is 0 Å². The molecule has 0 spiro atoms. The summed E-state index contributed by atoms with van der Waals surface area (Å²) in [6.07, 6.45) is 3.74. The molecular formula is C12H16ClNO2. The van der Waals surface area contributed by atoms with Crippen molar-refractivity contribution >= 4 is 17.7 Å². The molecule has 0 amide bonds. The summed E-state index contributed by atoms with van der Waals surface area (Å²) in [5, 5.41) is 0.625. The smallest absolute Gasteiger partial charge is 0.164 e. The highest BCUT2D eigenvalue weighted by Crippen LogP contribution is 2.38. The predicted octanol–water partition coefficient (Wildman–Crippen LogP) is 2.64. The normalized spacial score (nSPS) is 10.8. The minimum Gasteiger partial charge on any atom is -0.493 e. The van der Waals surface area contributed by atoms with Crippen LogP contribution in [-0.4, -0.2) is 20.8 Å². The van der Waals surface area contributed by atoms with Gasteiger partial charge in [0, 0.05) is 18.2 Å². The number of hydrogen-bond donors (Lipinski definition) is 1. The molecule has 0 unspecified atom stereocenters. The molecule has 1 rings (SSSR count). The lowest BCUT2D eigenvalue weighted by atomic mass is 10.1. The third-order valence-electron chi connectivity index (χ3n) is 2.33. The fraction of sp³-hybridized carbons (Fsp3) is 0.333. The van der Waals surface area contributed by atoms with E-state index in [1.807, 2.05) is 19.1 Å². The van der Waals surface area contributed by atoms with Gasteiger partial charge in [0.15, 0.2) is 11.5 Å². The van der Waals surface area contributed by atoms with Gasteiger partial charge in [-0.25, -0.2) is 0 Å². The average Bonchev–Trinajstić information content (AvgIpc) is 2.28. The van der Waals surface area contributed by atoms with Crippen molar-refractivity contribution in [3.63, 3.8) is 0 Å². The predicted molar refractivity (Wildman–Crippen MR) is 67.4 cm³/mol. The highest BCUT2D eigenvalue weighted by atomic mass is 35.5. The topological polar surface area (TPSA) is 44.5 Å². The van der Waals surface area contributed by atoms with Gasteiger partial charge >= 0.3 is 0 Å². The molecular weight excluding hydrogens is 226 g/mol. The molecule has 0 atom stereocenters. The third-order valence-corrected chi connectivity index (χ3v) is 2.64. The zero-order valence-corrected chi connectivity index (χ0v) is 10.5. The van der Waals surface area contributed by atoms with Crippen LogP contribution < -0.4 is 15.2 Å². The van der Waals surface area contributed by atoms with Gasteiger partial charge in [-0.3, -0.25) is 0 Å². The molecule has 2 N–H and O–H groups in total. The molecule has 0 fully saturated rings. The van der Waals surface area contributed by atoms with Gasteiger partial charge in [-0.05, 0) is 12.5 Å². The van der Waals surface area contributed by atoms with Crippen molar-refractivity contribution < 1.29 is 9.47 Å². The van der Waals surface area contributed by atoms with E-state index in [4.69, 9.17) is 26.8 Å². The lowest BCUT2D eigenvalue weighted by molar-refractivity contribution is 0.353. The lowest BCUT2D eigenvalue weighted by Crippen LogP contribution is -1.97. The molecule has 1 aromatic carbocycles. The van der Waals surface area contributed by atoms with E-state index in [1.165, 1.54) is 0 Å². The second-order valence-electron chi connectivity index (χ2n) is 3.27. The van der Waals surface area contributed by atoms with Crippen LogP contribution in [0.5, 0.6) is 11.5 Å². The molecule has 0 bridgehead atoms. The van der Waals surface area contributed by atoms with Crippen LogP contribution in [0.25, 0.3) is 6.08 Å². The number of methoxy groups -OCH3 is 2. The molecule has 0 aliphatic rings. The molecule has 0 heterocycles. The molecule has 0 radical (unpaired) electrons. The summed E-state index contributed by atoms with van der Waals surface area (Å²) >= 11 is 6.15. The largest absolute Gasteiger partial charge is 0.493 e. The Kier molecular flexibility index (Phi) is 4.65. The first-order chi connectivity index (χ1) is 7.65. The average molecular weight is 242 g/mol. The second-order valence-corrected chi connectivity index (χ2v) is 3.68. The van der Waals surface area contributed by atoms with E-state index in [9.17, 15) is 0 Å². The Balaban J connectivity index is 3.34. The van der Waals surface area contributed by atoms with E-state index in [-0.39, 0.29) is 0 Å². The molecule has 3 nitrogen and oxygen atoms in total. The number of benzene rings is 1. The fourth-order valence-corrected chi connectivity index (χ4v) is 1.84. The highest BCUT2D eigenvalue weighted by Gasteiger charge is 2.13. The molecule has 0 saturated heterocycles. The minimum absolute atomic E-state index is 0.476. The number of hydrogen-bond acceptors (Lipinski definition) is 3. The van der Waals surface area contributed by atoms with Gasteiger partial charge < -0.3 is 15.2 Å². The van der Waals surface area contributed by atoms with Gasteiger partial charge in [-0.1, -0.05) is 23.8 Å². The SMILES string of the molecule is COc1cc(Cl)c(/C=C/CN)c(C)c1OC. The summed E-state index contributed by atoms with van der Waals surface area (Å²) in [6.45, 7) is 2.41. The van der Waals surface area contributed by atoms with Crippen molar-refractivity contribution in [3.8, 4) is 11.5 Å². The van der Waals surface area contributed by atoms with Crippen LogP contribution in [0.1, 0.15) is 11.1 Å². The Hall–Kier alpha value is -1.19. The Morgan fingerprint density at radius 1 is 1.38 bits per heavy atom. The summed E-state index contributed by atoms with van der Waals surface area (Å²) in [6, 6.07) is 1.74. The van der Waals surface area contributed by atoms with Crippen molar-refractivity contribution in [1.82, 2.24) is 0 Å². The van der Waals surface area contributed by atoms with Crippen LogP contribution in [0, 0.1) is 6.92 Å². The number of nitrogens with two attached hydrogens (primary N) is 1. The molecule has 0 aliphatic heterocycles. The maximum Gasteiger partial charge on any atom is 0.164 e. The van der Waals surface area contributed by atoms with Gasteiger partial charge in [0.25, 0.3) is 0 Å². The van der Waals surface area contributed by atoms with Crippen LogP contribution in [0.3, 0.4) is 0 Å². The van der Waals surface area contributed by atoms with Gasteiger partial charge in [0.2, 0.25) is 0 Å². The van der Waals surface area contributed by atoms with Gasteiger partial charge in [-0.15, -0.1) is 0 Å². The Bertz CT molecular complexity index is 402. The summed E-state index contributed by atoms with van der Waals surface area (Å²) in [4.78, 5) is 0. The second kappa shape index (κ2) is 5.77. The van der Waals surface area contributed by atoms with Crippen LogP contribution >= 0.6 is 11.6 Å². The number of ether oxygens (including phenoxy) is 2. The first kappa shape index (κ1) is 12.9. The van der Waals surface area contributed by atoms with Crippen molar-refractivity contribution in [2.75, 3.05) is 20.8 Å². The molecule has 0 aromatic heterocycles. The highest BCUT2D eigenvalue weighted by molar-refractivity contribution is 6.32. The molecule has 0 saturated carbocycles. The molecule has 0 aliphatic carbocycles. The van der Waals surface area contributed by atoms with Gasteiger partial charge in [0.1, 0.15) is 0 Å². The first-order valence-corrected chi connectivity index (χ1v) is 5.31. The van der Waals surface area contributed by atoms with Crippen molar-refractivity contribution in [2.24, 2.45) is 5.73 Å². The zero-order valence-electron chi connectivity index (χ0n) is 9.71. The fourth-order valence-electron chi connectivity index (χ4n) is 1.54. The van der Waals surface area contributed by atoms with Crippen molar-refractivity contribution in [3.05, 3.63) is 28.3 Å². The quantitative estimate of drug-likeness (QED) is 0.882. The van der Waals surface area contributed by atoms with E-state index < -0.39 is 0 Å². The molecule has 88 valence electrons. The van der Waals surface area contributed by atoms with E-state index in [0.29, 0.717) is 23.1 Å². The summed E-state index contributed by atoms with van der Waals surface area (Å²) in [5.74, 6) is 1.33. The van der Waals surface area contributed by atoms with E-state index >= 15 is 0 Å². The maximum atomic E-state index is 6.15. The molecule has 1 aromatic rings. The Labute approximate surface area is 101 Å². The van der Waals surface area contributed by atoms with E-state index in [1.54, 1.807) is 20.3 Å². The third kappa shape index (κ3) is 2.49. The number of rotatable bonds is 4. The lowest BCUT2D eigenvalue weighted by Gasteiger charge is -2.14. The summed E-state index contributed by atoms with van der Waals surface area (Å²) < 4.78 is 10.5. The Morgan fingerprint density at radius 2 is 2.06 bits per heavy atom. The standard InChI is InChI=1S/C12H16ClNO2/c1-8-9(5-4-6-14)10(13)7-11(15-2)12(8)16-3/h4-5,7H,6,14H2,1-3H3/b5-4+. The molecule has 4 heteroatoms. The van der Waals surface area contributed by atoms with Crippen LogP contribution in [-0.2, 0) is 0 Å². The molecule has 16 heavy (non-hydrogen) atoms. The first-order valence-electron chi connectivity index (χ1n) is 4.93. The van der Waals surface area contributed by atoms with Crippen LogP contribution in [0.2, 0.25) is 5.02 Å². The minimum atomic E-state index is 0.476. The monoisotopic (exact) mass is 241 g/mol. The van der Waals surface area contributed by atoms with Gasteiger partial charge in [-0.2, -0.15) is 0 Å². The maximum absolute atomic E-state index is 6.15. The van der Waals surface area contributed by atoms with Crippen LogP contribution in [0.4, 0.5) is 0 Å². The summed E-state index contributed by atoms with van der Waals surface area (Å²) in [5.41, 5.74) is 7.27. The van der Waals surface area contributed by atoms with Crippen LogP contribution in [0.15, 0.2) is 12.1 Å². The summed E-state index contributed by atoms with van der Waals surface area (Å²) in [7, 11) is 3.19. The van der Waals surface area contributed by atoms with E-state index in [0.717, 1.165) is 11.1 Å². The van der Waals surface area contributed by atoms with Crippen molar-refractivity contribution in [2.45, 2.75) is 6.92 Å².